The standard InChI is InChI=1S/C29H39N7O5/c1-5-6-13-20-35-23-24(18-11-7-8-12-19(18)34-27(23)30)36(20)40-17-10-9-14-31-21-22(26(38)25(21)37)32-15-16-33-28(39)41-29(2,3)4/h7-8,11-12,31-32H,5-6,9-10,13-17H2,1-4H3,(H2,30,34)(H,33,39). The summed E-state index contributed by atoms with van der Waals surface area (Å²) in [6, 6.07) is 7.78. The smallest absolute Gasteiger partial charge is 0.407 e. The lowest BCUT2D eigenvalue weighted by atomic mass is 10.2. The number of benzene rings is 1. The van der Waals surface area contributed by atoms with Crippen LogP contribution in [0.25, 0.3) is 21.9 Å². The molecule has 12 nitrogen and oxygen atoms in total. The van der Waals surface area contributed by atoms with Gasteiger partial charge in [0.15, 0.2) is 5.82 Å². The molecule has 12 heteroatoms. The van der Waals surface area contributed by atoms with Gasteiger partial charge in [0.2, 0.25) is 0 Å². The zero-order valence-corrected chi connectivity index (χ0v) is 24.1. The second-order valence-electron chi connectivity index (χ2n) is 10.9. The maximum atomic E-state index is 12.1. The monoisotopic (exact) mass is 565 g/mol. The van der Waals surface area contributed by atoms with E-state index in [0.29, 0.717) is 37.3 Å². The van der Waals surface area contributed by atoms with Crippen LogP contribution >= 0.6 is 0 Å². The summed E-state index contributed by atoms with van der Waals surface area (Å²) in [6.45, 7) is 8.90. The number of anilines is 3. The molecule has 0 aliphatic heterocycles. The predicted octanol–water partition coefficient (Wildman–Crippen LogP) is 3.36. The first-order valence-corrected chi connectivity index (χ1v) is 14.1. The molecular formula is C29H39N7O5. The molecule has 2 aromatic heterocycles. The third-order valence-electron chi connectivity index (χ3n) is 6.40. The van der Waals surface area contributed by atoms with Crippen molar-refractivity contribution in [3.63, 3.8) is 0 Å². The van der Waals surface area contributed by atoms with Gasteiger partial charge in [-0.15, -0.1) is 0 Å². The van der Waals surface area contributed by atoms with Crippen molar-refractivity contribution in [2.75, 3.05) is 42.6 Å². The highest BCUT2D eigenvalue weighted by molar-refractivity contribution is 6.06. The van der Waals surface area contributed by atoms with Gasteiger partial charge in [-0.25, -0.2) is 14.8 Å². The number of carbonyl (C=O) groups is 1. The predicted molar refractivity (Wildman–Crippen MR) is 161 cm³/mol. The van der Waals surface area contributed by atoms with Crippen LogP contribution < -0.4 is 37.4 Å². The van der Waals surface area contributed by atoms with E-state index >= 15 is 0 Å². The number of aromatic nitrogens is 3. The fourth-order valence-electron chi connectivity index (χ4n) is 4.45. The van der Waals surface area contributed by atoms with Crippen molar-refractivity contribution >= 4 is 45.2 Å². The van der Waals surface area contributed by atoms with Crippen LogP contribution in [0.3, 0.4) is 0 Å². The van der Waals surface area contributed by atoms with Crippen molar-refractivity contribution in [2.45, 2.75) is 65.4 Å². The number of fused-ring (bicyclic) bond motifs is 3. The highest BCUT2D eigenvalue weighted by Gasteiger charge is 2.21. The lowest BCUT2D eigenvalue weighted by Gasteiger charge is -2.20. The summed E-state index contributed by atoms with van der Waals surface area (Å²) in [5.41, 5.74) is 7.28. The van der Waals surface area contributed by atoms with Crippen LogP contribution in [0.2, 0.25) is 0 Å². The van der Waals surface area contributed by atoms with Crippen molar-refractivity contribution in [3.05, 3.63) is 50.5 Å². The summed E-state index contributed by atoms with van der Waals surface area (Å²) in [5, 5.41) is 9.52. The first-order valence-electron chi connectivity index (χ1n) is 14.1. The van der Waals surface area contributed by atoms with E-state index in [1.54, 1.807) is 25.5 Å². The lowest BCUT2D eigenvalue weighted by Crippen LogP contribution is -2.40. The van der Waals surface area contributed by atoms with E-state index in [0.717, 1.165) is 41.5 Å². The quantitative estimate of drug-likeness (QED) is 0.132. The van der Waals surface area contributed by atoms with Gasteiger partial charge < -0.3 is 31.3 Å². The molecule has 0 atom stereocenters. The Balaban J connectivity index is 1.30. The normalized spacial score (nSPS) is 11.7. The minimum atomic E-state index is -0.595. The Labute approximate surface area is 238 Å². The summed E-state index contributed by atoms with van der Waals surface area (Å²) in [6.07, 6.45) is 3.62. The largest absolute Gasteiger partial charge is 0.444 e. The Hall–Kier alpha value is -4.35. The summed E-state index contributed by atoms with van der Waals surface area (Å²) < 4.78 is 6.97. The molecular weight excluding hydrogens is 526 g/mol. The van der Waals surface area contributed by atoms with Crippen molar-refractivity contribution in [2.24, 2.45) is 0 Å². The number of alkyl carbamates (subject to hydrolysis) is 1. The fraction of sp³-hybridized carbons (Fsp3) is 0.483. The number of nitrogens with two attached hydrogens (primary N) is 1. The molecule has 4 aromatic rings. The number of nitrogen functional groups attached to an aromatic ring is 1. The molecule has 0 fully saturated rings. The molecule has 4 rings (SSSR count). The molecule has 0 aliphatic carbocycles. The number of nitrogens with one attached hydrogen (secondary N) is 3. The number of aryl methyl sites for hydroxylation is 1. The number of para-hydroxylation sites is 1. The molecule has 0 radical (unpaired) electrons. The van der Waals surface area contributed by atoms with E-state index in [-0.39, 0.29) is 24.5 Å². The van der Waals surface area contributed by atoms with Crippen LogP contribution in [-0.4, -0.2) is 52.6 Å². The van der Waals surface area contributed by atoms with Crippen LogP contribution in [-0.2, 0) is 11.2 Å². The third kappa shape index (κ3) is 7.05. The molecule has 0 unspecified atom stereocenters. The minimum Gasteiger partial charge on any atom is -0.444 e. The second-order valence-corrected chi connectivity index (χ2v) is 10.9. The zero-order valence-electron chi connectivity index (χ0n) is 24.1. The lowest BCUT2D eigenvalue weighted by molar-refractivity contribution is 0.0530. The number of rotatable bonds is 14. The summed E-state index contributed by atoms with van der Waals surface area (Å²) in [4.78, 5) is 51.3. The Morgan fingerprint density at radius 3 is 2.39 bits per heavy atom. The molecule has 0 saturated carbocycles. The molecule has 41 heavy (non-hydrogen) atoms. The Morgan fingerprint density at radius 2 is 1.68 bits per heavy atom. The van der Waals surface area contributed by atoms with E-state index in [9.17, 15) is 14.4 Å². The second kappa shape index (κ2) is 12.9. The van der Waals surface area contributed by atoms with Gasteiger partial charge in [0.25, 0.3) is 10.9 Å². The first-order chi connectivity index (χ1) is 19.6. The molecule has 1 amide bonds. The number of hydrogen-bond donors (Lipinski definition) is 4. The molecule has 0 saturated heterocycles. The van der Waals surface area contributed by atoms with Crippen LogP contribution in [0.5, 0.6) is 0 Å². The van der Waals surface area contributed by atoms with E-state index in [1.165, 1.54) is 0 Å². The molecule has 0 bridgehead atoms. The molecule has 2 heterocycles. The number of carbonyl (C=O) groups excluding carboxylic acids is 1. The van der Waals surface area contributed by atoms with Gasteiger partial charge in [0.05, 0.1) is 5.52 Å². The molecule has 2 aromatic carbocycles. The molecule has 5 N–H and O–H groups in total. The summed E-state index contributed by atoms with van der Waals surface area (Å²) in [7, 11) is 0. The maximum Gasteiger partial charge on any atom is 0.407 e. The number of nitrogens with zero attached hydrogens (tertiary/aromatic N) is 3. The minimum absolute atomic E-state index is 0.237. The van der Waals surface area contributed by atoms with Gasteiger partial charge in [-0.2, -0.15) is 4.73 Å². The molecule has 0 aliphatic rings. The molecule has 0 spiro atoms. The third-order valence-corrected chi connectivity index (χ3v) is 6.40. The van der Waals surface area contributed by atoms with Crippen LogP contribution in [0.1, 0.15) is 59.2 Å². The highest BCUT2D eigenvalue weighted by atomic mass is 16.7. The van der Waals surface area contributed by atoms with E-state index < -0.39 is 22.6 Å². The van der Waals surface area contributed by atoms with Gasteiger partial charge in [-0.3, -0.25) is 9.59 Å². The number of pyridine rings is 1. The average Bonchev–Trinajstić information content (AvgIpc) is 3.30. The van der Waals surface area contributed by atoms with Crippen molar-refractivity contribution in [1.82, 2.24) is 20.0 Å². The van der Waals surface area contributed by atoms with E-state index in [1.807, 2.05) is 24.3 Å². The van der Waals surface area contributed by atoms with Gasteiger partial charge >= 0.3 is 6.09 Å². The Kier molecular flexibility index (Phi) is 9.31. The number of unbranched alkanes of at least 4 members (excludes halogenated alkanes) is 2. The average molecular weight is 566 g/mol. The van der Waals surface area contributed by atoms with Crippen LogP contribution in [0, 0.1) is 0 Å². The maximum absolute atomic E-state index is 12.1. The number of hydrogen-bond acceptors (Lipinski definition) is 10. The summed E-state index contributed by atoms with van der Waals surface area (Å²) in [5.74, 6) is 1.19. The number of imidazole rings is 1. The molecule has 220 valence electrons. The van der Waals surface area contributed by atoms with Crippen molar-refractivity contribution in [1.29, 1.82) is 0 Å². The Morgan fingerprint density at radius 1 is 0.976 bits per heavy atom. The SMILES string of the molecule is CCCCc1nc2c(N)nc3ccccc3c2n1OCCCCNc1c(NCCNC(=O)OC(C)(C)C)c(=O)c1=O. The Bertz CT molecular complexity index is 1580. The van der Waals surface area contributed by atoms with E-state index in [2.05, 4.69) is 27.9 Å². The van der Waals surface area contributed by atoms with E-state index in [4.69, 9.17) is 20.3 Å². The van der Waals surface area contributed by atoms with Crippen molar-refractivity contribution in [3.8, 4) is 0 Å². The topological polar surface area (TPSA) is 162 Å². The fourth-order valence-corrected chi connectivity index (χ4v) is 4.45. The number of amides is 1. The number of ether oxygens (including phenoxy) is 1. The zero-order chi connectivity index (χ0) is 29.6. The van der Waals surface area contributed by atoms with Gasteiger partial charge in [0.1, 0.15) is 40.4 Å². The van der Waals surface area contributed by atoms with Gasteiger partial charge in [-0.05, 0) is 46.1 Å². The van der Waals surface area contributed by atoms with Crippen LogP contribution in [0.4, 0.5) is 22.0 Å². The van der Waals surface area contributed by atoms with Crippen molar-refractivity contribution < 1.29 is 14.4 Å². The van der Waals surface area contributed by atoms with Crippen LogP contribution in [0.15, 0.2) is 33.9 Å². The van der Waals surface area contributed by atoms with Gasteiger partial charge in [-0.1, -0.05) is 31.5 Å². The van der Waals surface area contributed by atoms with Gasteiger partial charge in [0, 0.05) is 31.4 Å². The summed E-state index contributed by atoms with van der Waals surface area (Å²) >= 11 is 0. The highest BCUT2D eigenvalue weighted by Crippen LogP contribution is 2.28. The first kappa shape index (κ1) is 29.6.